The first-order valence-corrected chi connectivity index (χ1v) is 4.18. The van der Waals surface area contributed by atoms with Gasteiger partial charge in [0.05, 0.1) is 6.61 Å². The van der Waals surface area contributed by atoms with Crippen LogP contribution in [0.3, 0.4) is 0 Å². The van der Waals surface area contributed by atoms with Gasteiger partial charge in [0.25, 0.3) is 0 Å². The van der Waals surface area contributed by atoms with Crippen LogP contribution in [0.15, 0.2) is 16.5 Å². The molecule has 1 N–H and O–H groups in total. The molecule has 1 aromatic rings. The molecule has 0 aromatic carbocycles. The quantitative estimate of drug-likeness (QED) is 0.720. The summed E-state index contributed by atoms with van der Waals surface area (Å²) >= 11 is 0. The van der Waals surface area contributed by atoms with Crippen molar-refractivity contribution in [2.24, 2.45) is 0 Å². The van der Waals surface area contributed by atoms with Gasteiger partial charge in [0.1, 0.15) is 12.3 Å². The van der Waals surface area contributed by atoms with E-state index in [1.807, 2.05) is 13.0 Å². The Balaban J connectivity index is 2.30. The summed E-state index contributed by atoms with van der Waals surface area (Å²) in [5.74, 6) is 1.12. The SMILES string of the molecule is CCOC(=O)CNc1ccc(C)o1. The topological polar surface area (TPSA) is 51.5 Å². The van der Waals surface area contributed by atoms with Crippen LogP contribution in [0.2, 0.25) is 0 Å². The van der Waals surface area contributed by atoms with Crippen molar-refractivity contribution in [3.05, 3.63) is 17.9 Å². The maximum Gasteiger partial charge on any atom is 0.325 e. The summed E-state index contributed by atoms with van der Waals surface area (Å²) in [7, 11) is 0. The average molecular weight is 183 g/mol. The Bertz CT molecular complexity index is 280. The molecule has 0 bridgehead atoms. The molecular formula is C9H13NO3. The van der Waals surface area contributed by atoms with Crippen LogP contribution in [-0.4, -0.2) is 19.1 Å². The number of ether oxygens (including phenoxy) is 1. The highest BCUT2D eigenvalue weighted by Gasteiger charge is 2.02. The van der Waals surface area contributed by atoms with Crippen molar-refractivity contribution >= 4 is 11.9 Å². The van der Waals surface area contributed by atoms with Gasteiger partial charge >= 0.3 is 5.97 Å². The second-order valence-electron chi connectivity index (χ2n) is 2.57. The van der Waals surface area contributed by atoms with E-state index in [0.717, 1.165) is 5.76 Å². The minimum Gasteiger partial charge on any atom is -0.465 e. The van der Waals surface area contributed by atoms with Crippen molar-refractivity contribution in [1.29, 1.82) is 0 Å². The van der Waals surface area contributed by atoms with Crippen LogP contribution >= 0.6 is 0 Å². The molecular weight excluding hydrogens is 170 g/mol. The standard InChI is InChI=1S/C9H13NO3/c1-3-12-9(11)6-10-8-5-4-7(2)13-8/h4-5,10H,3,6H2,1-2H3. The lowest BCUT2D eigenvalue weighted by atomic mass is 10.5. The smallest absolute Gasteiger partial charge is 0.325 e. The fourth-order valence-electron chi connectivity index (χ4n) is 0.901. The predicted octanol–water partition coefficient (Wildman–Crippen LogP) is 1.56. The van der Waals surface area contributed by atoms with E-state index in [-0.39, 0.29) is 12.5 Å². The molecule has 1 rings (SSSR count). The van der Waals surface area contributed by atoms with Gasteiger partial charge in [0, 0.05) is 6.07 Å². The predicted molar refractivity (Wildman–Crippen MR) is 48.6 cm³/mol. The molecule has 0 aliphatic heterocycles. The van der Waals surface area contributed by atoms with Crippen LogP contribution in [-0.2, 0) is 9.53 Å². The lowest BCUT2D eigenvalue weighted by Crippen LogP contribution is -2.16. The summed E-state index contributed by atoms with van der Waals surface area (Å²) < 4.78 is 9.92. The molecule has 0 aliphatic rings. The number of esters is 1. The van der Waals surface area contributed by atoms with Crippen molar-refractivity contribution in [1.82, 2.24) is 0 Å². The van der Waals surface area contributed by atoms with Crippen LogP contribution in [0.1, 0.15) is 12.7 Å². The Morgan fingerprint density at radius 3 is 2.92 bits per heavy atom. The van der Waals surface area contributed by atoms with E-state index < -0.39 is 0 Å². The number of furan rings is 1. The van der Waals surface area contributed by atoms with Crippen molar-refractivity contribution in [2.75, 3.05) is 18.5 Å². The molecule has 0 unspecified atom stereocenters. The van der Waals surface area contributed by atoms with E-state index in [4.69, 9.17) is 9.15 Å². The molecule has 0 saturated heterocycles. The Kier molecular flexibility index (Phi) is 3.37. The van der Waals surface area contributed by atoms with Crippen molar-refractivity contribution in [3.8, 4) is 0 Å². The van der Waals surface area contributed by atoms with Gasteiger partial charge in [-0.2, -0.15) is 0 Å². The van der Waals surface area contributed by atoms with Crippen LogP contribution in [0, 0.1) is 6.92 Å². The van der Waals surface area contributed by atoms with Gasteiger partial charge in [-0.1, -0.05) is 0 Å². The third kappa shape index (κ3) is 3.19. The lowest BCUT2D eigenvalue weighted by molar-refractivity contribution is -0.140. The highest BCUT2D eigenvalue weighted by Crippen LogP contribution is 2.10. The molecule has 0 saturated carbocycles. The molecule has 1 aromatic heterocycles. The van der Waals surface area contributed by atoms with E-state index in [2.05, 4.69) is 5.32 Å². The zero-order chi connectivity index (χ0) is 9.68. The van der Waals surface area contributed by atoms with Crippen LogP contribution < -0.4 is 5.32 Å². The summed E-state index contributed by atoms with van der Waals surface area (Å²) in [6.07, 6.45) is 0. The fourth-order valence-corrected chi connectivity index (χ4v) is 0.901. The zero-order valence-corrected chi connectivity index (χ0v) is 7.79. The third-order valence-electron chi connectivity index (χ3n) is 1.45. The van der Waals surface area contributed by atoms with E-state index in [9.17, 15) is 4.79 Å². The number of hydrogen-bond donors (Lipinski definition) is 1. The van der Waals surface area contributed by atoms with Crippen molar-refractivity contribution in [3.63, 3.8) is 0 Å². The van der Waals surface area contributed by atoms with Crippen LogP contribution in [0.5, 0.6) is 0 Å². The number of rotatable bonds is 4. The molecule has 0 radical (unpaired) electrons. The maximum absolute atomic E-state index is 10.9. The first kappa shape index (κ1) is 9.64. The maximum atomic E-state index is 10.9. The number of aryl methyl sites for hydroxylation is 1. The number of carbonyl (C=O) groups excluding carboxylic acids is 1. The Hall–Kier alpha value is -1.45. The molecule has 0 amide bonds. The van der Waals surface area contributed by atoms with Gasteiger partial charge in [-0.05, 0) is 19.9 Å². The van der Waals surface area contributed by atoms with Gasteiger partial charge in [0.2, 0.25) is 0 Å². The number of nitrogens with one attached hydrogen (secondary N) is 1. The number of hydrogen-bond acceptors (Lipinski definition) is 4. The summed E-state index contributed by atoms with van der Waals surface area (Å²) in [6.45, 7) is 4.16. The van der Waals surface area contributed by atoms with Gasteiger partial charge < -0.3 is 14.5 Å². The highest BCUT2D eigenvalue weighted by molar-refractivity contribution is 5.74. The fraction of sp³-hybridized carbons (Fsp3) is 0.444. The minimum absolute atomic E-state index is 0.140. The van der Waals surface area contributed by atoms with E-state index in [0.29, 0.717) is 12.5 Å². The molecule has 72 valence electrons. The molecule has 1 heterocycles. The summed E-state index contributed by atoms with van der Waals surface area (Å²) in [6, 6.07) is 3.60. The van der Waals surface area contributed by atoms with Gasteiger partial charge in [-0.3, -0.25) is 4.79 Å². The second-order valence-corrected chi connectivity index (χ2v) is 2.57. The molecule has 4 heteroatoms. The first-order valence-electron chi connectivity index (χ1n) is 4.18. The van der Waals surface area contributed by atoms with Crippen LogP contribution in [0.4, 0.5) is 5.88 Å². The van der Waals surface area contributed by atoms with E-state index in [1.165, 1.54) is 0 Å². The molecule has 0 fully saturated rings. The average Bonchev–Trinajstić information content (AvgIpc) is 2.49. The normalized spacial score (nSPS) is 9.69. The Labute approximate surface area is 76.9 Å². The molecule has 0 spiro atoms. The Morgan fingerprint density at radius 2 is 2.38 bits per heavy atom. The Morgan fingerprint density at radius 1 is 1.62 bits per heavy atom. The summed E-state index contributed by atoms with van der Waals surface area (Å²) in [5.41, 5.74) is 0. The summed E-state index contributed by atoms with van der Waals surface area (Å²) in [4.78, 5) is 10.9. The molecule has 0 aliphatic carbocycles. The molecule has 0 atom stereocenters. The van der Waals surface area contributed by atoms with Gasteiger partial charge in [-0.15, -0.1) is 0 Å². The number of anilines is 1. The van der Waals surface area contributed by atoms with Crippen molar-refractivity contribution < 1.29 is 13.9 Å². The van der Waals surface area contributed by atoms with E-state index >= 15 is 0 Å². The zero-order valence-electron chi connectivity index (χ0n) is 7.79. The molecule has 13 heavy (non-hydrogen) atoms. The second kappa shape index (κ2) is 4.54. The third-order valence-corrected chi connectivity index (χ3v) is 1.45. The van der Waals surface area contributed by atoms with Gasteiger partial charge in [0.15, 0.2) is 5.88 Å². The number of carbonyl (C=O) groups is 1. The van der Waals surface area contributed by atoms with E-state index in [1.54, 1.807) is 13.0 Å². The summed E-state index contributed by atoms with van der Waals surface area (Å²) in [5, 5.41) is 2.81. The lowest BCUT2D eigenvalue weighted by Gasteiger charge is -2.01. The monoisotopic (exact) mass is 183 g/mol. The van der Waals surface area contributed by atoms with Gasteiger partial charge in [-0.25, -0.2) is 0 Å². The molecule has 4 nitrogen and oxygen atoms in total. The van der Waals surface area contributed by atoms with Crippen molar-refractivity contribution in [2.45, 2.75) is 13.8 Å². The largest absolute Gasteiger partial charge is 0.465 e. The highest BCUT2D eigenvalue weighted by atomic mass is 16.5. The van der Waals surface area contributed by atoms with Crippen LogP contribution in [0.25, 0.3) is 0 Å². The minimum atomic E-state index is -0.281. The first-order chi connectivity index (χ1) is 6.22.